The third-order valence-corrected chi connectivity index (χ3v) is 8.04. The topological polar surface area (TPSA) is 129 Å². The number of carboxylic acid groups (broad SMARTS) is 1. The number of fused-ring (bicyclic) bond motifs is 3. The highest BCUT2D eigenvalue weighted by atomic mass is 16.6. The summed E-state index contributed by atoms with van der Waals surface area (Å²) in [5.41, 5.74) is 2.62. The van der Waals surface area contributed by atoms with Crippen molar-refractivity contribution in [1.29, 1.82) is 0 Å². The van der Waals surface area contributed by atoms with Crippen LogP contribution >= 0.6 is 0 Å². The van der Waals surface area contributed by atoms with Crippen LogP contribution in [0.4, 0.5) is 4.79 Å². The molecule has 10 heteroatoms. The Kier molecular flexibility index (Phi) is 8.58. The zero-order chi connectivity index (χ0) is 28.5. The van der Waals surface area contributed by atoms with Crippen LogP contribution in [0, 0.1) is 10.8 Å². The summed E-state index contributed by atoms with van der Waals surface area (Å²) < 4.78 is 11.5. The van der Waals surface area contributed by atoms with Crippen LogP contribution in [0.15, 0.2) is 18.2 Å². The van der Waals surface area contributed by atoms with Crippen LogP contribution < -0.4 is 5.32 Å². The van der Waals surface area contributed by atoms with Crippen molar-refractivity contribution in [2.24, 2.45) is 10.8 Å². The first-order chi connectivity index (χ1) is 18.2. The Morgan fingerprint density at radius 1 is 1.13 bits per heavy atom. The third-order valence-electron chi connectivity index (χ3n) is 8.04. The average molecular weight is 546 g/mol. The number of aliphatic carboxylic acids is 1. The summed E-state index contributed by atoms with van der Waals surface area (Å²) in [5, 5.41) is 23.5. The molecule has 10 nitrogen and oxygen atoms in total. The number of carbonyl (C=O) groups is 3. The van der Waals surface area contributed by atoms with Crippen molar-refractivity contribution in [1.82, 2.24) is 15.1 Å². The van der Waals surface area contributed by atoms with Crippen LogP contribution in [-0.4, -0.2) is 75.7 Å². The SMILES string of the molecule is CC1(C)CCCCc2cccc3c2CN(C3)C(=O)OC2CC(C(=O)O)N(C2)C(=O)C(C(C)(C)C)NC(O)OC1. The van der Waals surface area contributed by atoms with Crippen molar-refractivity contribution in [2.75, 3.05) is 13.2 Å². The molecule has 3 heterocycles. The molecule has 1 aromatic rings. The number of aryl methyl sites for hydroxylation is 1. The summed E-state index contributed by atoms with van der Waals surface area (Å²) in [6.07, 6.45) is 1.10. The van der Waals surface area contributed by atoms with Crippen LogP contribution in [0.25, 0.3) is 0 Å². The first-order valence-electron chi connectivity index (χ1n) is 13.9. The smallest absolute Gasteiger partial charge is 0.410 e. The predicted octanol–water partition coefficient (Wildman–Crippen LogP) is 3.24. The highest BCUT2D eigenvalue weighted by molar-refractivity contribution is 5.88. The van der Waals surface area contributed by atoms with Gasteiger partial charge in [-0.1, -0.05) is 59.2 Å². The van der Waals surface area contributed by atoms with E-state index in [2.05, 4.69) is 25.2 Å². The van der Waals surface area contributed by atoms with Crippen LogP contribution in [0.5, 0.6) is 0 Å². The second kappa shape index (κ2) is 11.4. The quantitative estimate of drug-likeness (QED) is 0.491. The maximum Gasteiger partial charge on any atom is 0.410 e. The molecule has 1 saturated heterocycles. The Bertz CT molecular complexity index is 1080. The number of aliphatic hydroxyl groups is 1. The standard InChI is InChI=1S/C29H43N3O7/c1-28(2,3)23-24(33)32-15-20(13-22(32)25(34)35)39-27(37)31-14-19-11-8-10-18(21(19)16-31)9-6-7-12-29(4,5)17-38-26(36)30-23/h8,10-11,20,22-23,26,30,36H,6-7,9,12-17H2,1-5H3,(H,34,35). The first kappa shape index (κ1) is 29.3. The fraction of sp³-hybridized carbons (Fsp3) is 0.690. The Labute approximate surface area is 230 Å². The van der Waals surface area contributed by atoms with E-state index in [4.69, 9.17) is 9.47 Å². The van der Waals surface area contributed by atoms with Crippen molar-refractivity contribution < 1.29 is 34.1 Å². The number of benzene rings is 1. The minimum atomic E-state index is -1.41. The summed E-state index contributed by atoms with van der Waals surface area (Å²) in [6.45, 7) is 10.8. The van der Waals surface area contributed by atoms with Gasteiger partial charge in [0.15, 0.2) is 0 Å². The molecule has 4 bridgehead atoms. The van der Waals surface area contributed by atoms with E-state index in [0.717, 1.165) is 36.8 Å². The zero-order valence-electron chi connectivity index (χ0n) is 23.7. The molecule has 3 N–H and O–H groups in total. The monoisotopic (exact) mass is 545 g/mol. The molecule has 0 radical (unpaired) electrons. The lowest BCUT2D eigenvalue weighted by Gasteiger charge is -2.36. The van der Waals surface area contributed by atoms with Gasteiger partial charge in [-0.05, 0) is 46.8 Å². The number of carbonyl (C=O) groups excluding carboxylic acids is 2. The Morgan fingerprint density at radius 3 is 2.54 bits per heavy atom. The van der Waals surface area contributed by atoms with E-state index in [9.17, 15) is 24.6 Å². The fourth-order valence-corrected chi connectivity index (χ4v) is 5.78. The molecule has 1 aromatic carbocycles. The number of carboxylic acids is 1. The molecule has 0 aliphatic carbocycles. The molecular weight excluding hydrogens is 502 g/mol. The molecule has 0 aromatic heterocycles. The Hall–Kier alpha value is -2.69. The Morgan fingerprint density at radius 2 is 1.85 bits per heavy atom. The van der Waals surface area contributed by atoms with E-state index in [1.807, 2.05) is 32.9 Å². The van der Waals surface area contributed by atoms with Crippen molar-refractivity contribution in [3.05, 3.63) is 34.9 Å². The fourth-order valence-electron chi connectivity index (χ4n) is 5.78. The van der Waals surface area contributed by atoms with Gasteiger partial charge in [-0.25, -0.2) is 9.59 Å². The molecule has 4 rings (SSSR count). The normalized spacial score (nSPS) is 28.8. The highest BCUT2D eigenvalue weighted by Gasteiger charge is 2.46. The molecule has 4 unspecified atom stereocenters. The molecule has 3 aliphatic heterocycles. The third kappa shape index (κ3) is 6.91. The number of hydrogen-bond acceptors (Lipinski definition) is 7. The van der Waals surface area contributed by atoms with Crippen molar-refractivity contribution in [3.8, 4) is 0 Å². The highest BCUT2D eigenvalue weighted by Crippen LogP contribution is 2.32. The number of ether oxygens (including phenoxy) is 2. The lowest BCUT2D eigenvalue weighted by molar-refractivity contribution is -0.164. The van der Waals surface area contributed by atoms with E-state index in [1.54, 1.807) is 4.90 Å². The summed E-state index contributed by atoms with van der Waals surface area (Å²) in [4.78, 5) is 41.9. The second-order valence-corrected chi connectivity index (χ2v) is 13.0. The van der Waals surface area contributed by atoms with E-state index in [-0.39, 0.29) is 18.4 Å². The molecule has 1 fully saturated rings. The van der Waals surface area contributed by atoms with Crippen LogP contribution in [0.3, 0.4) is 0 Å². The van der Waals surface area contributed by atoms with Crippen molar-refractivity contribution in [3.63, 3.8) is 0 Å². The molecule has 4 atom stereocenters. The van der Waals surface area contributed by atoms with Crippen LogP contribution in [0.2, 0.25) is 0 Å². The van der Waals surface area contributed by atoms with Gasteiger partial charge >= 0.3 is 12.1 Å². The number of amides is 2. The lowest BCUT2D eigenvalue weighted by atomic mass is 9.85. The van der Waals surface area contributed by atoms with E-state index >= 15 is 0 Å². The summed E-state index contributed by atoms with van der Waals surface area (Å²) >= 11 is 0. The van der Waals surface area contributed by atoms with Gasteiger partial charge in [0, 0.05) is 19.5 Å². The van der Waals surface area contributed by atoms with Gasteiger partial charge in [0.25, 0.3) is 0 Å². The largest absolute Gasteiger partial charge is 0.480 e. The predicted molar refractivity (Wildman–Crippen MR) is 143 cm³/mol. The number of nitrogens with one attached hydrogen (secondary N) is 1. The average Bonchev–Trinajstić information content (AvgIpc) is 3.47. The molecule has 216 valence electrons. The number of hydrogen-bond donors (Lipinski definition) is 3. The summed E-state index contributed by atoms with van der Waals surface area (Å²) in [5.74, 6) is -1.65. The van der Waals surface area contributed by atoms with Crippen LogP contribution in [-0.2, 0) is 38.6 Å². The molecule has 2 amide bonds. The zero-order valence-corrected chi connectivity index (χ0v) is 23.7. The van der Waals surface area contributed by atoms with Crippen LogP contribution in [0.1, 0.15) is 77.0 Å². The van der Waals surface area contributed by atoms with Crippen molar-refractivity contribution >= 4 is 18.0 Å². The molecule has 0 spiro atoms. The van der Waals surface area contributed by atoms with Gasteiger partial charge in [-0.2, -0.15) is 0 Å². The molecule has 39 heavy (non-hydrogen) atoms. The van der Waals surface area contributed by atoms with Gasteiger partial charge < -0.3 is 24.6 Å². The molecular formula is C29H43N3O7. The summed E-state index contributed by atoms with van der Waals surface area (Å²) in [6, 6.07) is 4.09. The van der Waals surface area contributed by atoms with E-state index < -0.39 is 48.0 Å². The number of aliphatic hydroxyl groups excluding tert-OH is 1. The van der Waals surface area contributed by atoms with E-state index in [1.165, 1.54) is 10.5 Å². The van der Waals surface area contributed by atoms with Gasteiger partial charge in [-0.3, -0.25) is 15.0 Å². The minimum Gasteiger partial charge on any atom is -0.480 e. The number of rotatable bonds is 1. The van der Waals surface area contributed by atoms with Gasteiger partial charge in [0.1, 0.15) is 12.1 Å². The second-order valence-electron chi connectivity index (χ2n) is 13.0. The van der Waals surface area contributed by atoms with Gasteiger partial charge in [0.05, 0.1) is 19.2 Å². The maximum atomic E-state index is 13.7. The maximum absolute atomic E-state index is 13.7. The molecule has 0 saturated carbocycles. The number of nitrogens with zero attached hydrogens (tertiary/aromatic N) is 2. The first-order valence-corrected chi connectivity index (χ1v) is 13.9. The van der Waals surface area contributed by atoms with Gasteiger partial charge in [0.2, 0.25) is 12.3 Å². The molecule has 3 aliphatic rings. The minimum absolute atomic E-state index is 0.00293. The lowest BCUT2D eigenvalue weighted by Crippen LogP contribution is -2.58. The Balaban J connectivity index is 1.60. The van der Waals surface area contributed by atoms with E-state index in [0.29, 0.717) is 19.7 Å². The summed E-state index contributed by atoms with van der Waals surface area (Å²) in [7, 11) is 0. The van der Waals surface area contributed by atoms with Crippen molar-refractivity contribution in [2.45, 2.75) is 104 Å². The van der Waals surface area contributed by atoms with Gasteiger partial charge in [-0.15, -0.1) is 0 Å².